The zero-order chi connectivity index (χ0) is 16.3. The summed E-state index contributed by atoms with van der Waals surface area (Å²) in [4.78, 5) is 22.5. The summed E-state index contributed by atoms with van der Waals surface area (Å²) in [6, 6.07) is 8.92. The molecule has 2 rings (SSSR count). The summed E-state index contributed by atoms with van der Waals surface area (Å²) < 4.78 is 5.09. The van der Waals surface area contributed by atoms with Crippen molar-refractivity contribution in [3.8, 4) is 5.75 Å². The molecule has 2 aromatic rings. The van der Waals surface area contributed by atoms with Crippen molar-refractivity contribution in [3.63, 3.8) is 0 Å². The molecule has 0 saturated carbocycles. The Morgan fingerprint density at radius 1 is 1.27 bits per heavy atom. The Hall–Kier alpha value is -3.09. The third-order valence-electron chi connectivity index (χ3n) is 3.17. The van der Waals surface area contributed by atoms with E-state index in [0.29, 0.717) is 11.4 Å². The molecule has 0 bridgehead atoms. The molecule has 0 aliphatic rings. The minimum absolute atomic E-state index is 0.0596. The Balaban J connectivity index is 2.29. The Morgan fingerprint density at radius 3 is 2.59 bits per heavy atom. The summed E-state index contributed by atoms with van der Waals surface area (Å²) in [5, 5.41) is 13.5. The minimum Gasteiger partial charge on any atom is -0.497 e. The van der Waals surface area contributed by atoms with E-state index in [1.54, 1.807) is 25.3 Å². The highest BCUT2D eigenvalue weighted by Crippen LogP contribution is 2.24. The first kappa shape index (κ1) is 15.3. The number of nitrogen functional groups attached to an aromatic ring is 1. The zero-order valence-corrected chi connectivity index (χ0v) is 12.1. The van der Waals surface area contributed by atoms with Crippen LogP contribution in [-0.2, 0) is 0 Å². The second-order valence-electron chi connectivity index (χ2n) is 4.66. The Morgan fingerprint density at radius 2 is 2.00 bits per heavy atom. The number of carbonyl (C=O) groups excluding carboxylic acids is 1. The highest BCUT2D eigenvalue weighted by atomic mass is 16.6. The molecule has 114 valence electrons. The predicted octanol–water partition coefficient (Wildman–Crippen LogP) is 2.75. The Kier molecular flexibility index (Phi) is 4.26. The number of anilines is 2. The largest absolute Gasteiger partial charge is 0.497 e. The lowest BCUT2D eigenvalue weighted by molar-refractivity contribution is -0.384. The molecule has 0 heterocycles. The van der Waals surface area contributed by atoms with Crippen LogP contribution in [-0.4, -0.2) is 17.9 Å². The standard InChI is InChI=1S/C15H15N3O4/c1-9-7-11(22-2)4-6-14(9)17-15(19)12-8-10(18(20)21)3-5-13(12)16/h3-8H,16H2,1-2H3,(H,17,19). The maximum atomic E-state index is 12.3. The number of nitro groups is 1. The number of nitrogens with two attached hydrogens (primary N) is 1. The third-order valence-corrected chi connectivity index (χ3v) is 3.17. The number of nitro benzene ring substituents is 1. The smallest absolute Gasteiger partial charge is 0.270 e. The summed E-state index contributed by atoms with van der Waals surface area (Å²) in [5.41, 5.74) is 7.15. The number of ether oxygens (including phenoxy) is 1. The molecule has 1 amide bonds. The maximum Gasteiger partial charge on any atom is 0.270 e. The molecule has 0 aliphatic heterocycles. The second-order valence-corrected chi connectivity index (χ2v) is 4.66. The first-order valence-electron chi connectivity index (χ1n) is 6.42. The van der Waals surface area contributed by atoms with Gasteiger partial charge >= 0.3 is 0 Å². The van der Waals surface area contributed by atoms with E-state index in [9.17, 15) is 14.9 Å². The van der Waals surface area contributed by atoms with Crippen molar-refractivity contribution in [2.45, 2.75) is 6.92 Å². The number of hydrogen-bond donors (Lipinski definition) is 2. The van der Waals surface area contributed by atoms with Crippen LogP contribution >= 0.6 is 0 Å². The fraction of sp³-hybridized carbons (Fsp3) is 0.133. The Labute approximate surface area is 126 Å². The molecular formula is C15H15N3O4. The topological polar surface area (TPSA) is 107 Å². The van der Waals surface area contributed by atoms with Crippen LogP contribution < -0.4 is 15.8 Å². The predicted molar refractivity (Wildman–Crippen MR) is 83.2 cm³/mol. The monoisotopic (exact) mass is 301 g/mol. The van der Waals surface area contributed by atoms with Crippen molar-refractivity contribution in [2.24, 2.45) is 0 Å². The van der Waals surface area contributed by atoms with Gasteiger partial charge in [0, 0.05) is 23.5 Å². The quantitative estimate of drug-likeness (QED) is 0.513. The van der Waals surface area contributed by atoms with E-state index in [4.69, 9.17) is 10.5 Å². The second kappa shape index (κ2) is 6.13. The molecule has 3 N–H and O–H groups in total. The van der Waals surface area contributed by atoms with Gasteiger partial charge in [0.2, 0.25) is 0 Å². The first-order valence-corrected chi connectivity index (χ1v) is 6.42. The summed E-state index contributed by atoms with van der Waals surface area (Å²) >= 11 is 0. The molecule has 0 saturated heterocycles. The van der Waals surface area contributed by atoms with Gasteiger partial charge in [-0.25, -0.2) is 0 Å². The summed E-state index contributed by atoms with van der Waals surface area (Å²) in [7, 11) is 1.55. The number of hydrogen-bond acceptors (Lipinski definition) is 5. The van der Waals surface area contributed by atoms with Crippen LogP contribution in [0.15, 0.2) is 36.4 Å². The maximum absolute atomic E-state index is 12.3. The zero-order valence-electron chi connectivity index (χ0n) is 12.1. The van der Waals surface area contributed by atoms with Gasteiger partial charge in [0.05, 0.1) is 17.6 Å². The molecule has 0 radical (unpaired) electrons. The Bertz CT molecular complexity index is 744. The van der Waals surface area contributed by atoms with Crippen molar-refractivity contribution in [3.05, 3.63) is 57.6 Å². The number of aryl methyl sites for hydroxylation is 1. The van der Waals surface area contributed by atoms with Crippen LogP contribution in [0.25, 0.3) is 0 Å². The molecule has 22 heavy (non-hydrogen) atoms. The van der Waals surface area contributed by atoms with Crippen molar-refractivity contribution in [1.29, 1.82) is 0 Å². The lowest BCUT2D eigenvalue weighted by atomic mass is 10.1. The fourth-order valence-corrected chi connectivity index (χ4v) is 1.95. The molecule has 0 aromatic heterocycles. The van der Waals surface area contributed by atoms with Gasteiger partial charge in [0.15, 0.2) is 0 Å². The van der Waals surface area contributed by atoms with Crippen LogP contribution in [0.3, 0.4) is 0 Å². The number of methoxy groups -OCH3 is 1. The normalized spacial score (nSPS) is 10.1. The minimum atomic E-state index is -0.575. The van der Waals surface area contributed by atoms with Crippen molar-refractivity contribution in [2.75, 3.05) is 18.2 Å². The fourth-order valence-electron chi connectivity index (χ4n) is 1.95. The van der Waals surface area contributed by atoms with Gasteiger partial charge in [-0.05, 0) is 36.8 Å². The van der Waals surface area contributed by atoms with Gasteiger partial charge in [0.25, 0.3) is 11.6 Å². The van der Waals surface area contributed by atoms with E-state index < -0.39 is 10.8 Å². The molecule has 7 heteroatoms. The van der Waals surface area contributed by atoms with Crippen LogP contribution in [0, 0.1) is 17.0 Å². The molecular weight excluding hydrogens is 286 g/mol. The van der Waals surface area contributed by atoms with Gasteiger partial charge < -0.3 is 15.8 Å². The number of non-ortho nitro benzene ring substituents is 1. The summed E-state index contributed by atoms with van der Waals surface area (Å²) in [6.45, 7) is 1.81. The molecule has 7 nitrogen and oxygen atoms in total. The average Bonchev–Trinajstić information content (AvgIpc) is 2.49. The number of benzene rings is 2. The highest BCUT2D eigenvalue weighted by molar-refractivity contribution is 6.08. The number of rotatable bonds is 4. The number of nitrogens with one attached hydrogen (secondary N) is 1. The highest BCUT2D eigenvalue weighted by Gasteiger charge is 2.16. The number of nitrogens with zero attached hydrogens (tertiary/aromatic N) is 1. The van der Waals surface area contributed by atoms with E-state index in [1.165, 1.54) is 12.1 Å². The molecule has 0 aliphatic carbocycles. The molecule has 0 fully saturated rings. The van der Waals surface area contributed by atoms with Crippen LogP contribution in [0.2, 0.25) is 0 Å². The molecule has 0 atom stereocenters. The lowest BCUT2D eigenvalue weighted by Gasteiger charge is -2.11. The van der Waals surface area contributed by atoms with Gasteiger partial charge in [-0.1, -0.05) is 0 Å². The third kappa shape index (κ3) is 3.14. The molecule has 0 unspecified atom stereocenters. The van der Waals surface area contributed by atoms with Crippen LogP contribution in [0.5, 0.6) is 5.75 Å². The number of carbonyl (C=O) groups is 1. The van der Waals surface area contributed by atoms with Crippen molar-refractivity contribution in [1.82, 2.24) is 0 Å². The van der Waals surface area contributed by atoms with Crippen molar-refractivity contribution < 1.29 is 14.5 Å². The van der Waals surface area contributed by atoms with Gasteiger partial charge in [-0.3, -0.25) is 14.9 Å². The lowest BCUT2D eigenvalue weighted by Crippen LogP contribution is -2.15. The van der Waals surface area contributed by atoms with Crippen molar-refractivity contribution >= 4 is 23.0 Å². The van der Waals surface area contributed by atoms with E-state index in [1.807, 2.05) is 6.92 Å². The summed E-state index contributed by atoms with van der Waals surface area (Å²) in [6.07, 6.45) is 0. The van der Waals surface area contributed by atoms with E-state index in [2.05, 4.69) is 5.32 Å². The van der Waals surface area contributed by atoms with E-state index in [0.717, 1.165) is 11.6 Å². The number of amides is 1. The van der Waals surface area contributed by atoms with E-state index in [-0.39, 0.29) is 16.9 Å². The average molecular weight is 301 g/mol. The first-order chi connectivity index (χ1) is 10.4. The SMILES string of the molecule is COc1ccc(NC(=O)c2cc([N+](=O)[O-])ccc2N)c(C)c1. The van der Waals surface area contributed by atoms with Crippen LogP contribution in [0.1, 0.15) is 15.9 Å². The summed E-state index contributed by atoms with van der Waals surface area (Å²) in [5.74, 6) is 0.167. The van der Waals surface area contributed by atoms with Gasteiger partial charge in [-0.15, -0.1) is 0 Å². The molecule has 2 aromatic carbocycles. The molecule has 0 spiro atoms. The van der Waals surface area contributed by atoms with Gasteiger partial charge in [0.1, 0.15) is 5.75 Å². The van der Waals surface area contributed by atoms with E-state index >= 15 is 0 Å². The van der Waals surface area contributed by atoms with Gasteiger partial charge in [-0.2, -0.15) is 0 Å². The van der Waals surface area contributed by atoms with Crippen LogP contribution in [0.4, 0.5) is 17.1 Å².